The summed E-state index contributed by atoms with van der Waals surface area (Å²) in [5.41, 5.74) is 11.6. The number of hydrogen-bond donors (Lipinski definition) is 0. The first-order valence-corrected chi connectivity index (χ1v) is 11.5. The third-order valence-corrected chi connectivity index (χ3v) is 6.56. The molecule has 33 heavy (non-hydrogen) atoms. The van der Waals surface area contributed by atoms with Crippen molar-refractivity contribution in [2.75, 3.05) is 0 Å². The van der Waals surface area contributed by atoms with Gasteiger partial charge in [0.15, 0.2) is 0 Å². The number of unbranched alkanes of at least 4 members (excludes halogenated alkanes) is 4. The fourth-order valence-corrected chi connectivity index (χ4v) is 4.86. The van der Waals surface area contributed by atoms with Crippen LogP contribution in [0.5, 0.6) is 0 Å². The molecule has 3 heteroatoms. The van der Waals surface area contributed by atoms with Crippen molar-refractivity contribution in [2.45, 2.75) is 51.4 Å². The van der Waals surface area contributed by atoms with Gasteiger partial charge in [0.25, 0.3) is 0 Å². The van der Waals surface area contributed by atoms with Crippen LogP contribution in [0.1, 0.15) is 65.5 Å². The van der Waals surface area contributed by atoms with E-state index in [1.165, 1.54) is 83.0 Å². The Kier molecular flexibility index (Phi) is 11.4. The minimum absolute atomic E-state index is 0. The van der Waals surface area contributed by atoms with Crippen LogP contribution in [0.4, 0.5) is 0 Å². The Morgan fingerprint density at radius 3 is 2.42 bits per heavy atom. The predicted molar refractivity (Wildman–Crippen MR) is 130 cm³/mol. The molecule has 2 aliphatic carbocycles. The van der Waals surface area contributed by atoms with Crippen molar-refractivity contribution >= 4 is 12.2 Å². The van der Waals surface area contributed by atoms with Crippen LogP contribution in [0.3, 0.4) is 0 Å². The third kappa shape index (κ3) is 6.82. The van der Waals surface area contributed by atoms with E-state index in [9.17, 15) is 0 Å². The molecule has 0 aliphatic heterocycles. The first-order chi connectivity index (χ1) is 14.9. The summed E-state index contributed by atoms with van der Waals surface area (Å²) >= 11 is 0. The van der Waals surface area contributed by atoms with Crippen LogP contribution in [0, 0.1) is 0 Å². The molecule has 3 aromatic rings. The number of aryl methyl sites for hydroxylation is 1. The maximum Gasteiger partial charge on any atom is 2.00 e. The molecule has 168 valence electrons. The van der Waals surface area contributed by atoms with Gasteiger partial charge in [0, 0.05) is 0 Å². The maximum atomic E-state index is 2.44. The molecule has 0 bridgehead atoms. The molecule has 0 nitrogen and oxygen atoms in total. The zero-order valence-corrected chi connectivity index (χ0v) is 23.0. The smallest absolute Gasteiger partial charge is 1.00 e. The average Bonchev–Trinajstić information content (AvgIpc) is 3.39. The summed E-state index contributed by atoms with van der Waals surface area (Å²) in [6, 6.07) is 22.8. The third-order valence-electron chi connectivity index (χ3n) is 6.56. The van der Waals surface area contributed by atoms with E-state index in [1.54, 1.807) is 0 Å². The van der Waals surface area contributed by atoms with E-state index in [4.69, 9.17) is 0 Å². The summed E-state index contributed by atoms with van der Waals surface area (Å²) in [7, 11) is 0. The Balaban J connectivity index is 0.00000128. The summed E-state index contributed by atoms with van der Waals surface area (Å²) in [5.74, 6) is 0. The molecule has 3 aromatic carbocycles. The topological polar surface area (TPSA) is 0 Å². The van der Waals surface area contributed by atoms with E-state index in [0.717, 1.165) is 12.8 Å². The average molecular weight is 553 g/mol. The van der Waals surface area contributed by atoms with E-state index in [-0.39, 0.29) is 51.0 Å². The summed E-state index contributed by atoms with van der Waals surface area (Å²) in [6.07, 6.45) is 18.9. The van der Waals surface area contributed by atoms with Crippen molar-refractivity contribution in [2.24, 2.45) is 0 Å². The minimum atomic E-state index is 0. The number of hydrogen-bond acceptors (Lipinski definition) is 0. The standard InChI is InChI=1S/C30H30.2ClH.Zr/c1(3-5-10-23-16-18-25-13-9-14-26(25)20-23)2-4-6-11-24-17-19-28-22-27-12-7-8-15-29(27)30(28)21-24;;;/h5,7-10,12,14-21H,1-4,6,11,13,22H2;2*1H;/q;;;+2/p-2. The van der Waals surface area contributed by atoms with Gasteiger partial charge in [-0.1, -0.05) is 91.7 Å². The number of rotatable bonds is 8. The molecule has 2 aliphatic rings. The van der Waals surface area contributed by atoms with Gasteiger partial charge in [-0.2, -0.15) is 0 Å². The predicted octanol–water partition coefficient (Wildman–Crippen LogP) is 2.04. The molecular weight excluding hydrogens is 522 g/mol. The molecule has 0 fully saturated rings. The Morgan fingerprint density at radius 1 is 0.727 bits per heavy atom. The molecule has 0 spiro atoms. The zero-order chi connectivity index (χ0) is 20.2. The number of fused-ring (bicyclic) bond motifs is 4. The molecular formula is C30H30Cl2Zr. The van der Waals surface area contributed by atoms with Crippen molar-refractivity contribution < 1.29 is 51.0 Å². The van der Waals surface area contributed by atoms with Crippen LogP contribution >= 0.6 is 0 Å². The Bertz CT molecular complexity index is 1110. The SMILES string of the molecule is C(=Cc1ccc2c(c1)C=CC2)CCCCCCc1ccc2c(c1)-c1ccccc1C2.[Cl-].[Cl-].[Zr+2]. The first kappa shape index (κ1) is 27.8. The van der Waals surface area contributed by atoms with Crippen LogP contribution < -0.4 is 24.8 Å². The van der Waals surface area contributed by atoms with E-state index < -0.39 is 0 Å². The van der Waals surface area contributed by atoms with Gasteiger partial charge in [-0.25, -0.2) is 0 Å². The zero-order valence-electron chi connectivity index (χ0n) is 19.0. The second kappa shape index (κ2) is 13.5. The largest absolute Gasteiger partial charge is 2.00 e. The van der Waals surface area contributed by atoms with Gasteiger partial charge in [-0.05, 0) is 89.1 Å². The summed E-state index contributed by atoms with van der Waals surface area (Å²) in [5, 5.41) is 0. The Labute approximate surface area is 230 Å². The summed E-state index contributed by atoms with van der Waals surface area (Å²) in [6.45, 7) is 0. The first-order valence-electron chi connectivity index (χ1n) is 11.5. The van der Waals surface area contributed by atoms with Crippen molar-refractivity contribution in [3.05, 3.63) is 106 Å². The molecule has 0 saturated heterocycles. The van der Waals surface area contributed by atoms with E-state index in [1.807, 2.05) is 0 Å². The number of halogens is 2. The Hall–Kier alpha value is -1.40. The molecule has 0 unspecified atom stereocenters. The van der Waals surface area contributed by atoms with Crippen molar-refractivity contribution in [1.82, 2.24) is 0 Å². The Morgan fingerprint density at radius 2 is 1.52 bits per heavy atom. The number of benzene rings is 3. The quantitative estimate of drug-likeness (QED) is 0.294. The van der Waals surface area contributed by atoms with Crippen LogP contribution in [-0.4, -0.2) is 0 Å². The van der Waals surface area contributed by atoms with Gasteiger partial charge >= 0.3 is 26.2 Å². The minimum Gasteiger partial charge on any atom is -1.00 e. The molecule has 0 aromatic heterocycles. The molecule has 0 heterocycles. The van der Waals surface area contributed by atoms with Gasteiger partial charge < -0.3 is 24.8 Å². The van der Waals surface area contributed by atoms with Crippen LogP contribution in [-0.2, 0) is 45.5 Å². The van der Waals surface area contributed by atoms with Gasteiger partial charge in [-0.15, -0.1) is 0 Å². The van der Waals surface area contributed by atoms with Gasteiger partial charge in [0.1, 0.15) is 0 Å². The van der Waals surface area contributed by atoms with Crippen LogP contribution in [0.25, 0.3) is 23.3 Å². The fraction of sp³-hybridized carbons (Fsp3) is 0.267. The molecule has 0 atom stereocenters. The van der Waals surface area contributed by atoms with Crippen LogP contribution in [0.2, 0.25) is 0 Å². The van der Waals surface area contributed by atoms with Crippen molar-refractivity contribution in [1.29, 1.82) is 0 Å². The molecule has 0 amide bonds. The van der Waals surface area contributed by atoms with E-state index >= 15 is 0 Å². The molecule has 5 rings (SSSR count). The molecule has 0 radical (unpaired) electrons. The second-order valence-electron chi connectivity index (χ2n) is 8.75. The maximum absolute atomic E-state index is 2.44. The normalized spacial score (nSPS) is 12.4. The second-order valence-corrected chi connectivity index (χ2v) is 8.75. The van der Waals surface area contributed by atoms with E-state index in [0.29, 0.717) is 0 Å². The fourth-order valence-electron chi connectivity index (χ4n) is 4.86. The van der Waals surface area contributed by atoms with Crippen molar-refractivity contribution in [3.8, 4) is 11.1 Å². The van der Waals surface area contributed by atoms with Gasteiger partial charge in [0.2, 0.25) is 0 Å². The van der Waals surface area contributed by atoms with Gasteiger partial charge in [0.05, 0.1) is 0 Å². The monoisotopic (exact) mass is 550 g/mol. The van der Waals surface area contributed by atoms with E-state index in [2.05, 4.69) is 85.0 Å². The summed E-state index contributed by atoms with van der Waals surface area (Å²) in [4.78, 5) is 0. The van der Waals surface area contributed by atoms with Crippen molar-refractivity contribution in [3.63, 3.8) is 0 Å². The van der Waals surface area contributed by atoms with Crippen LogP contribution in [0.15, 0.2) is 72.8 Å². The summed E-state index contributed by atoms with van der Waals surface area (Å²) < 4.78 is 0. The van der Waals surface area contributed by atoms with Gasteiger partial charge in [-0.3, -0.25) is 0 Å². The molecule has 0 N–H and O–H groups in total. The number of allylic oxidation sites excluding steroid dienone is 2. The molecule has 0 saturated carbocycles.